The van der Waals surface area contributed by atoms with Crippen molar-refractivity contribution in [1.29, 1.82) is 0 Å². The number of pyridine rings is 2. The van der Waals surface area contributed by atoms with Crippen LogP contribution >= 0.6 is 0 Å². The number of amides is 1. The Bertz CT molecular complexity index is 1720. The summed E-state index contributed by atoms with van der Waals surface area (Å²) in [6.07, 6.45) is 4.78. The molecule has 0 spiro atoms. The average Bonchev–Trinajstić information content (AvgIpc) is 3.44. The molecule has 0 aliphatic carbocycles. The Labute approximate surface area is 200 Å². The second-order valence-corrected chi connectivity index (χ2v) is 8.18. The molecule has 0 radical (unpaired) electrons. The van der Waals surface area contributed by atoms with Crippen molar-refractivity contribution in [1.82, 2.24) is 19.1 Å². The van der Waals surface area contributed by atoms with Crippen LogP contribution in [-0.4, -0.2) is 38.3 Å². The molecule has 0 saturated carbocycles. The lowest BCUT2D eigenvalue weighted by Gasteiger charge is -2.13. The molecule has 1 aliphatic heterocycles. The first-order chi connectivity index (χ1) is 17.1. The Morgan fingerprint density at radius 3 is 2.49 bits per heavy atom. The van der Waals surface area contributed by atoms with Crippen molar-refractivity contribution in [2.45, 2.75) is 0 Å². The summed E-state index contributed by atoms with van der Waals surface area (Å²) in [5.74, 6) is 6.30. The Kier molecular flexibility index (Phi) is 4.82. The van der Waals surface area contributed by atoms with Gasteiger partial charge in [-0.15, -0.1) is 0 Å². The maximum Gasteiger partial charge on any atom is 0.414 e. The number of carbonyl (C=O) groups is 1. The van der Waals surface area contributed by atoms with Crippen LogP contribution in [0.15, 0.2) is 78.0 Å². The van der Waals surface area contributed by atoms with Crippen molar-refractivity contribution in [3.05, 3.63) is 94.8 Å². The van der Waals surface area contributed by atoms with Gasteiger partial charge in [-0.25, -0.2) is 9.59 Å². The Balaban J connectivity index is 1.51. The summed E-state index contributed by atoms with van der Waals surface area (Å²) in [5, 5.41) is 0.824. The molecule has 0 N–H and O–H groups in total. The lowest BCUT2D eigenvalue weighted by molar-refractivity contribution is 0.181. The van der Waals surface area contributed by atoms with Crippen LogP contribution in [-0.2, 0) is 11.8 Å². The molecule has 170 valence electrons. The zero-order valence-electron chi connectivity index (χ0n) is 18.8. The zero-order chi connectivity index (χ0) is 23.9. The summed E-state index contributed by atoms with van der Waals surface area (Å²) in [7, 11) is 1.73. The van der Waals surface area contributed by atoms with Gasteiger partial charge in [-0.3, -0.25) is 24.0 Å². The molecular formula is C27H19N5O3. The van der Waals surface area contributed by atoms with Crippen LogP contribution in [0.4, 0.5) is 10.5 Å². The summed E-state index contributed by atoms with van der Waals surface area (Å²) in [6.45, 7) is 0.875. The predicted octanol–water partition coefficient (Wildman–Crippen LogP) is 3.63. The highest BCUT2D eigenvalue weighted by molar-refractivity contribution is 6.03. The Morgan fingerprint density at radius 1 is 0.943 bits per heavy atom. The zero-order valence-corrected chi connectivity index (χ0v) is 18.8. The molecule has 5 aromatic rings. The van der Waals surface area contributed by atoms with Crippen LogP contribution in [0, 0.1) is 11.8 Å². The van der Waals surface area contributed by atoms with Gasteiger partial charge in [0.25, 0.3) is 0 Å². The fraction of sp³-hybridized carbons (Fsp3) is 0.111. The minimum Gasteiger partial charge on any atom is -0.447 e. The Hall–Kier alpha value is -4.90. The summed E-state index contributed by atoms with van der Waals surface area (Å²) in [5.41, 5.74) is 5.09. The lowest BCUT2D eigenvalue weighted by Crippen LogP contribution is -2.23. The van der Waals surface area contributed by atoms with E-state index in [0.717, 1.165) is 33.2 Å². The van der Waals surface area contributed by atoms with Gasteiger partial charge in [0.05, 0.1) is 35.0 Å². The number of hydrogen-bond donors (Lipinski definition) is 0. The van der Waals surface area contributed by atoms with Crippen molar-refractivity contribution in [3.63, 3.8) is 0 Å². The average molecular weight is 461 g/mol. The normalized spacial score (nSPS) is 13.2. The summed E-state index contributed by atoms with van der Waals surface area (Å²) >= 11 is 0. The second-order valence-electron chi connectivity index (χ2n) is 8.18. The fourth-order valence-corrected chi connectivity index (χ4v) is 4.31. The molecule has 1 fully saturated rings. The maximum atomic E-state index is 13.3. The van der Waals surface area contributed by atoms with E-state index in [1.165, 1.54) is 0 Å². The lowest BCUT2D eigenvalue weighted by atomic mass is 10.1. The van der Waals surface area contributed by atoms with Gasteiger partial charge in [-0.2, -0.15) is 0 Å². The quantitative estimate of drug-likeness (QED) is 0.375. The number of nitrogens with zero attached hydrogens (tertiary/aromatic N) is 5. The van der Waals surface area contributed by atoms with Crippen LogP contribution in [0.1, 0.15) is 11.1 Å². The smallest absolute Gasteiger partial charge is 0.414 e. The topological polar surface area (TPSA) is 82.3 Å². The fourth-order valence-electron chi connectivity index (χ4n) is 4.31. The van der Waals surface area contributed by atoms with Crippen LogP contribution in [0.25, 0.3) is 27.6 Å². The summed E-state index contributed by atoms with van der Waals surface area (Å²) in [6, 6.07) is 16.8. The number of rotatable bonds is 2. The van der Waals surface area contributed by atoms with Crippen molar-refractivity contribution >= 4 is 33.7 Å². The van der Waals surface area contributed by atoms with Crippen molar-refractivity contribution in [2.24, 2.45) is 7.05 Å². The molecule has 8 heteroatoms. The van der Waals surface area contributed by atoms with E-state index >= 15 is 0 Å². The minimum absolute atomic E-state index is 0.186. The van der Waals surface area contributed by atoms with E-state index in [1.807, 2.05) is 54.6 Å². The van der Waals surface area contributed by atoms with Gasteiger partial charge in [0.1, 0.15) is 6.61 Å². The molecular weight excluding hydrogens is 442 g/mol. The molecule has 35 heavy (non-hydrogen) atoms. The highest BCUT2D eigenvalue weighted by Crippen LogP contribution is 2.27. The molecule has 8 nitrogen and oxygen atoms in total. The molecule has 1 amide bonds. The van der Waals surface area contributed by atoms with Gasteiger partial charge in [0, 0.05) is 41.6 Å². The van der Waals surface area contributed by atoms with Gasteiger partial charge in [-0.05, 0) is 54.6 Å². The number of fused-ring (bicyclic) bond motifs is 3. The van der Waals surface area contributed by atoms with Crippen LogP contribution in [0.2, 0.25) is 0 Å². The summed E-state index contributed by atoms with van der Waals surface area (Å²) in [4.78, 5) is 35.4. The van der Waals surface area contributed by atoms with Crippen molar-refractivity contribution in [3.8, 4) is 17.5 Å². The minimum atomic E-state index is -0.364. The van der Waals surface area contributed by atoms with E-state index in [2.05, 4.69) is 21.8 Å². The number of ether oxygens (including phenoxy) is 1. The van der Waals surface area contributed by atoms with E-state index < -0.39 is 0 Å². The molecule has 4 heterocycles. The third kappa shape index (κ3) is 3.50. The second kappa shape index (κ2) is 8.15. The molecule has 0 unspecified atom stereocenters. The molecule has 1 saturated heterocycles. The number of cyclic esters (lactones) is 1. The molecule has 6 rings (SSSR count). The number of aromatic nitrogens is 4. The molecule has 3 aromatic heterocycles. The molecule has 1 aliphatic rings. The standard InChI is InChI=1S/C27H19N5O3/c1-30-24-17-29-23-11-6-18(4-5-19-3-2-12-28-16-19)15-22(23)25(24)32(26(30)33)21-9-7-20(8-10-21)31-13-14-35-27(31)34/h2-3,6-12,15-17H,13-14H2,1H3. The Morgan fingerprint density at radius 2 is 1.74 bits per heavy atom. The highest BCUT2D eigenvalue weighted by Gasteiger charge is 2.24. The number of aryl methyl sites for hydroxylation is 1. The number of benzene rings is 2. The van der Waals surface area contributed by atoms with Crippen LogP contribution < -0.4 is 10.6 Å². The van der Waals surface area contributed by atoms with Crippen LogP contribution in [0.3, 0.4) is 0 Å². The molecule has 2 aromatic carbocycles. The predicted molar refractivity (Wildman–Crippen MR) is 133 cm³/mol. The highest BCUT2D eigenvalue weighted by atomic mass is 16.6. The largest absolute Gasteiger partial charge is 0.447 e. The van der Waals surface area contributed by atoms with Gasteiger partial charge in [0.15, 0.2) is 0 Å². The first-order valence-corrected chi connectivity index (χ1v) is 11.1. The maximum absolute atomic E-state index is 13.3. The first kappa shape index (κ1) is 20.7. The van der Waals surface area contributed by atoms with Crippen molar-refractivity contribution < 1.29 is 9.53 Å². The number of carbonyl (C=O) groups excluding carboxylic acids is 1. The third-order valence-corrected chi connectivity index (χ3v) is 6.08. The summed E-state index contributed by atoms with van der Waals surface area (Å²) < 4.78 is 8.28. The van der Waals surface area contributed by atoms with Gasteiger partial charge in [0.2, 0.25) is 0 Å². The van der Waals surface area contributed by atoms with E-state index in [9.17, 15) is 9.59 Å². The SMILES string of the molecule is Cn1c(=O)n(-c2ccc(N3CCOC3=O)cc2)c2c3cc(C#Cc4cccnc4)ccc3ncc21. The van der Waals surface area contributed by atoms with E-state index in [-0.39, 0.29) is 11.8 Å². The van der Waals surface area contributed by atoms with E-state index in [0.29, 0.717) is 24.4 Å². The van der Waals surface area contributed by atoms with Crippen molar-refractivity contribution in [2.75, 3.05) is 18.1 Å². The molecule has 0 bridgehead atoms. The van der Waals surface area contributed by atoms with E-state index in [4.69, 9.17) is 4.74 Å². The van der Waals surface area contributed by atoms with Gasteiger partial charge in [-0.1, -0.05) is 11.8 Å². The van der Waals surface area contributed by atoms with Crippen LogP contribution in [0.5, 0.6) is 0 Å². The van der Waals surface area contributed by atoms with E-state index in [1.54, 1.807) is 39.7 Å². The monoisotopic (exact) mass is 461 g/mol. The molecule has 0 atom stereocenters. The number of hydrogen-bond acceptors (Lipinski definition) is 5. The van der Waals surface area contributed by atoms with Gasteiger partial charge < -0.3 is 4.74 Å². The first-order valence-electron chi connectivity index (χ1n) is 11.1. The number of imidazole rings is 1. The van der Waals surface area contributed by atoms with Gasteiger partial charge >= 0.3 is 11.8 Å². The number of anilines is 1. The third-order valence-electron chi connectivity index (χ3n) is 6.08.